The zero-order valence-corrected chi connectivity index (χ0v) is 15.7. The Labute approximate surface area is 152 Å². The first-order chi connectivity index (χ1) is 12.2. The van der Waals surface area contributed by atoms with Gasteiger partial charge in [-0.25, -0.2) is 0 Å². The zero-order valence-electron chi connectivity index (χ0n) is 15.7. The number of rotatable bonds is 9. The fourth-order valence-corrected chi connectivity index (χ4v) is 5.56. The van der Waals surface area contributed by atoms with Gasteiger partial charge in [-0.2, -0.15) is 0 Å². The summed E-state index contributed by atoms with van der Waals surface area (Å²) in [6.07, 6.45) is 16.3. The van der Waals surface area contributed by atoms with Crippen LogP contribution in [0.15, 0.2) is 11.6 Å². The maximum Gasteiger partial charge on any atom is 0.138 e. The van der Waals surface area contributed by atoms with Gasteiger partial charge < -0.3 is 10.2 Å². The number of fused-ring (bicyclic) bond motifs is 1. The molecular weight excluding hydrogens is 312 g/mol. The topological polar surface area (TPSA) is 57.5 Å². The van der Waals surface area contributed by atoms with Crippen LogP contribution in [-0.4, -0.2) is 28.7 Å². The van der Waals surface area contributed by atoms with E-state index in [4.69, 9.17) is 5.11 Å². The lowest BCUT2D eigenvalue weighted by Crippen LogP contribution is -2.29. The average molecular weight is 349 g/mol. The SMILES string of the molecule is O=C(CCC1CCCCC1)[C@H]1[C@@H]2CC(CCCCCO)=C[C@@H]2C[C@@H]1O. The summed E-state index contributed by atoms with van der Waals surface area (Å²) in [7, 11) is 0. The quantitative estimate of drug-likeness (QED) is 0.479. The third-order valence-corrected chi connectivity index (χ3v) is 6.94. The lowest BCUT2D eigenvalue weighted by atomic mass is 9.81. The Kier molecular flexibility index (Phi) is 7.12. The van der Waals surface area contributed by atoms with E-state index in [-0.39, 0.29) is 12.5 Å². The van der Waals surface area contributed by atoms with E-state index in [1.165, 1.54) is 37.7 Å². The molecule has 2 fully saturated rings. The molecule has 3 aliphatic rings. The van der Waals surface area contributed by atoms with Gasteiger partial charge in [0.2, 0.25) is 0 Å². The summed E-state index contributed by atoms with van der Waals surface area (Å²) in [6, 6.07) is 0. The van der Waals surface area contributed by atoms with Gasteiger partial charge in [0.25, 0.3) is 0 Å². The molecule has 3 heteroatoms. The third kappa shape index (κ3) is 4.95. The Bertz CT molecular complexity index is 464. The largest absolute Gasteiger partial charge is 0.396 e. The third-order valence-electron chi connectivity index (χ3n) is 6.94. The first-order valence-electron chi connectivity index (χ1n) is 10.7. The minimum atomic E-state index is -0.416. The van der Waals surface area contributed by atoms with Crippen LogP contribution in [0.25, 0.3) is 0 Å². The van der Waals surface area contributed by atoms with Crippen LogP contribution in [-0.2, 0) is 4.79 Å². The summed E-state index contributed by atoms with van der Waals surface area (Å²) in [5, 5.41) is 19.3. The summed E-state index contributed by atoms with van der Waals surface area (Å²) in [6.45, 7) is 0.286. The molecule has 3 nitrogen and oxygen atoms in total. The Morgan fingerprint density at radius 3 is 2.68 bits per heavy atom. The standard InChI is InChI=1S/C22H36O3/c23-12-6-2-5-9-17-13-18-15-21(25)22(19(18)14-17)20(24)11-10-16-7-3-1-4-8-16/h13,16,18-19,21-23,25H,1-12,14-15H2/t18-,19-,21+,22-/m1/s1. The number of Topliss-reactive ketones (excluding diaryl/α,β-unsaturated/α-hetero) is 1. The van der Waals surface area contributed by atoms with E-state index < -0.39 is 6.10 Å². The van der Waals surface area contributed by atoms with Gasteiger partial charge in [-0.15, -0.1) is 0 Å². The van der Waals surface area contributed by atoms with Crippen LogP contribution in [0.3, 0.4) is 0 Å². The second-order valence-electron chi connectivity index (χ2n) is 8.73. The number of aliphatic hydroxyl groups excluding tert-OH is 2. The zero-order chi connectivity index (χ0) is 17.6. The molecule has 25 heavy (non-hydrogen) atoms. The molecule has 0 saturated heterocycles. The molecule has 142 valence electrons. The van der Waals surface area contributed by atoms with E-state index >= 15 is 0 Å². The number of carbonyl (C=O) groups excluding carboxylic acids is 1. The number of aliphatic hydroxyl groups is 2. The molecule has 0 heterocycles. The highest BCUT2D eigenvalue weighted by Crippen LogP contribution is 2.48. The highest BCUT2D eigenvalue weighted by molar-refractivity contribution is 5.82. The molecule has 0 radical (unpaired) electrons. The first-order valence-corrected chi connectivity index (χ1v) is 10.7. The van der Waals surface area contributed by atoms with Crippen molar-refractivity contribution in [3.05, 3.63) is 11.6 Å². The summed E-state index contributed by atoms with van der Waals surface area (Å²) in [5.41, 5.74) is 1.49. The predicted octanol–water partition coefficient (Wildman–Crippen LogP) is 4.41. The van der Waals surface area contributed by atoms with Crippen LogP contribution >= 0.6 is 0 Å². The molecule has 0 aromatic carbocycles. The van der Waals surface area contributed by atoms with E-state index in [0.717, 1.165) is 50.9 Å². The lowest BCUT2D eigenvalue weighted by Gasteiger charge is -2.24. The molecule has 0 bridgehead atoms. The minimum absolute atomic E-state index is 0.111. The molecule has 0 amide bonds. The van der Waals surface area contributed by atoms with Gasteiger partial charge in [0.05, 0.1) is 6.10 Å². The van der Waals surface area contributed by atoms with Crippen LogP contribution in [0.1, 0.15) is 83.5 Å². The van der Waals surface area contributed by atoms with Gasteiger partial charge in [-0.1, -0.05) is 50.2 Å². The van der Waals surface area contributed by atoms with E-state index in [9.17, 15) is 9.90 Å². The number of unbranched alkanes of at least 4 members (excludes halogenated alkanes) is 2. The molecule has 0 aliphatic heterocycles. The number of hydrogen-bond donors (Lipinski definition) is 2. The second-order valence-corrected chi connectivity index (χ2v) is 8.73. The fraction of sp³-hybridized carbons (Fsp3) is 0.864. The normalized spacial score (nSPS) is 32.6. The second kappa shape index (κ2) is 9.32. The predicted molar refractivity (Wildman–Crippen MR) is 100 cm³/mol. The average Bonchev–Trinajstić information content (AvgIpc) is 3.13. The highest BCUT2D eigenvalue weighted by Gasteiger charge is 2.47. The molecule has 0 unspecified atom stereocenters. The summed E-state index contributed by atoms with van der Waals surface area (Å²) < 4.78 is 0. The Hall–Kier alpha value is -0.670. The van der Waals surface area contributed by atoms with Gasteiger partial charge in [-0.3, -0.25) is 4.79 Å². The Balaban J connectivity index is 1.46. The van der Waals surface area contributed by atoms with Crippen LogP contribution in [0.4, 0.5) is 0 Å². The van der Waals surface area contributed by atoms with Crippen molar-refractivity contribution in [2.45, 2.75) is 89.6 Å². The lowest BCUT2D eigenvalue weighted by molar-refractivity contribution is -0.127. The van der Waals surface area contributed by atoms with E-state index in [1.54, 1.807) is 0 Å². The molecule has 3 rings (SSSR count). The monoisotopic (exact) mass is 348 g/mol. The van der Waals surface area contributed by atoms with Crippen LogP contribution in [0, 0.1) is 23.7 Å². The van der Waals surface area contributed by atoms with Gasteiger partial charge in [0, 0.05) is 18.9 Å². The molecule has 0 spiro atoms. The van der Waals surface area contributed by atoms with Crippen LogP contribution in [0.5, 0.6) is 0 Å². The maximum absolute atomic E-state index is 12.8. The fourth-order valence-electron chi connectivity index (χ4n) is 5.56. The van der Waals surface area contributed by atoms with Crippen molar-refractivity contribution in [1.29, 1.82) is 0 Å². The van der Waals surface area contributed by atoms with Crippen molar-refractivity contribution in [1.82, 2.24) is 0 Å². The number of allylic oxidation sites excluding steroid dienone is 2. The number of ketones is 1. The molecule has 0 aromatic rings. The molecule has 2 saturated carbocycles. The number of carbonyl (C=O) groups is 1. The molecule has 0 aromatic heterocycles. The molecule has 4 atom stereocenters. The summed E-state index contributed by atoms with van der Waals surface area (Å²) in [4.78, 5) is 12.8. The molecule has 2 N–H and O–H groups in total. The van der Waals surface area contributed by atoms with Crippen molar-refractivity contribution in [2.24, 2.45) is 23.7 Å². The minimum Gasteiger partial charge on any atom is -0.396 e. The highest BCUT2D eigenvalue weighted by atomic mass is 16.3. The van der Waals surface area contributed by atoms with Gasteiger partial charge >= 0.3 is 0 Å². The van der Waals surface area contributed by atoms with Gasteiger partial charge in [0.15, 0.2) is 0 Å². The van der Waals surface area contributed by atoms with E-state index in [0.29, 0.717) is 24.0 Å². The van der Waals surface area contributed by atoms with Gasteiger partial charge in [-0.05, 0) is 56.3 Å². The smallest absolute Gasteiger partial charge is 0.138 e. The van der Waals surface area contributed by atoms with Crippen molar-refractivity contribution >= 4 is 5.78 Å². The van der Waals surface area contributed by atoms with E-state index in [1.807, 2.05) is 0 Å². The Morgan fingerprint density at radius 1 is 1.12 bits per heavy atom. The van der Waals surface area contributed by atoms with Crippen molar-refractivity contribution < 1.29 is 15.0 Å². The Morgan fingerprint density at radius 2 is 1.92 bits per heavy atom. The van der Waals surface area contributed by atoms with E-state index in [2.05, 4.69) is 6.08 Å². The van der Waals surface area contributed by atoms with Crippen LogP contribution in [0.2, 0.25) is 0 Å². The van der Waals surface area contributed by atoms with Gasteiger partial charge in [0.1, 0.15) is 5.78 Å². The molecule has 3 aliphatic carbocycles. The van der Waals surface area contributed by atoms with Crippen LogP contribution < -0.4 is 0 Å². The first kappa shape index (κ1) is 19.1. The van der Waals surface area contributed by atoms with Crippen molar-refractivity contribution in [3.63, 3.8) is 0 Å². The summed E-state index contributed by atoms with van der Waals surface area (Å²) in [5.74, 6) is 1.75. The number of hydrogen-bond acceptors (Lipinski definition) is 3. The van der Waals surface area contributed by atoms with Crippen molar-refractivity contribution in [2.75, 3.05) is 6.61 Å². The maximum atomic E-state index is 12.8. The molecular formula is C22H36O3. The summed E-state index contributed by atoms with van der Waals surface area (Å²) >= 11 is 0. The van der Waals surface area contributed by atoms with Crippen molar-refractivity contribution in [3.8, 4) is 0 Å².